The summed E-state index contributed by atoms with van der Waals surface area (Å²) < 4.78 is 14.4. The summed E-state index contributed by atoms with van der Waals surface area (Å²) in [7, 11) is 0. The Morgan fingerprint density at radius 1 is 1.54 bits per heavy atom. The number of benzene rings is 1. The van der Waals surface area contributed by atoms with E-state index in [1.807, 2.05) is 13.0 Å². The molecular weight excluding hydrogens is 233 g/mol. The molecule has 0 aromatic heterocycles. The maximum atomic E-state index is 13.6. The SMILES string of the molecule is Cc1ccc(Br)c(C(C)CN)c1F. The van der Waals surface area contributed by atoms with E-state index in [1.165, 1.54) is 0 Å². The molecule has 0 amide bonds. The van der Waals surface area contributed by atoms with Crippen LogP contribution in [0.3, 0.4) is 0 Å². The minimum absolute atomic E-state index is 0.0503. The van der Waals surface area contributed by atoms with Crippen LogP contribution in [-0.4, -0.2) is 6.54 Å². The minimum Gasteiger partial charge on any atom is -0.330 e. The van der Waals surface area contributed by atoms with E-state index in [0.717, 1.165) is 4.47 Å². The first kappa shape index (κ1) is 10.7. The Morgan fingerprint density at radius 3 is 2.69 bits per heavy atom. The van der Waals surface area contributed by atoms with Crippen molar-refractivity contribution < 1.29 is 4.39 Å². The fourth-order valence-electron chi connectivity index (χ4n) is 1.25. The number of hydrogen-bond donors (Lipinski definition) is 1. The molecule has 3 heteroatoms. The first-order valence-corrected chi connectivity index (χ1v) is 5.01. The second-order valence-corrected chi connectivity index (χ2v) is 4.08. The summed E-state index contributed by atoms with van der Waals surface area (Å²) in [4.78, 5) is 0. The van der Waals surface area contributed by atoms with Crippen LogP contribution in [0.25, 0.3) is 0 Å². The molecule has 0 bridgehead atoms. The van der Waals surface area contributed by atoms with Gasteiger partial charge in [-0.05, 0) is 31.0 Å². The summed E-state index contributed by atoms with van der Waals surface area (Å²) in [6.45, 7) is 4.14. The first-order valence-electron chi connectivity index (χ1n) is 4.22. The predicted molar refractivity (Wildman–Crippen MR) is 56.3 cm³/mol. The van der Waals surface area contributed by atoms with Crippen molar-refractivity contribution in [2.45, 2.75) is 19.8 Å². The third-order valence-electron chi connectivity index (χ3n) is 2.17. The van der Waals surface area contributed by atoms with E-state index >= 15 is 0 Å². The highest BCUT2D eigenvalue weighted by molar-refractivity contribution is 9.10. The molecule has 0 aliphatic rings. The smallest absolute Gasteiger partial charge is 0.130 e. The third kappa shape index (κ3) is 2.09. The fraction of sp³-hybridized carbons (Fsp3) is 0.400. The molecule has 2 N–H and O–H groups in total. The molecule has 0 aliphatic carbocycles. The van der Waals surface area contributed by atoms with E-state index in [1.54, 1.807) is 13.0 Å². The number of nitrogens with two attached hydrogens (primary N) is 1. The van der Waals surface area contributed by atoms with Crippen LogP contribution in [0.2, 0.25) is 0 Å². The van der Waals surface area contributed by atoms with Gasteiger partial charge in [0, 0.05) is 10.0 Å². The summed E-state index contributed by atoms with van der Waals surface area (Å²) in [5, 5.41) is 0. The molecule has 1 atom stereocenters. The van der Waals surface area contributed by atoms with Crippen molar-refractivity contribution in [3.63, 3.8) is 0 Å². The van der Waals surface area contributed by atoms with E-state index < -0.39 is 0 Å². The van der Waals surface area contributed by atoms with Crippen LogP contribution in [0.4, 0.5) is 4.39 Å². The number of aryl methyl sites for hydroxylation is 1. The molecule has 1 nitrogen and oxygen atoms in total. The number of rotatable bonds is 2. The summed E-state index contributed by atoms with van der Waals surface area (Å²) in [5.41, 5.74) is 6.85. The standard InChI is InChI=1S/C10H13BrFN/c1-6-3-4-8(11)9(10(6)12)7(2)5-13/h3-4,7H,5,13H2,1-2H3. The zero-order chi connectivity index (χ0) is 10.0. The molecule has 1 aromatic rings. The lowest BCUT2D eigenvalue weighted by Gasteiger charge is -2.13. The average Bonchev–Trinajstić information content (AvgIpc) is 2.12. The molecule has 13 heavy (non-hydrogen) atoms. The number of halogens is 2. The van der Waals surface area contributed by atoms with Crippen molar-refractivity contribution in [2.24, 2.45) is 5.73 Å². The summed E-state index contributed by atoms with van der Waals surface area (Å²) in [5.74, 6) is -0.0957. The molecule has 0 fully saturated rings. The Kier molecular flexibility index (Phi) is 3.45. The van der Waals surface area contributed by atoms with E-state index in [2.05, 4.69) is 15.9 Å². The molecule has 0 saturated carbocycles. The highest BCUT2D eigenvalue weighted by atomic mass is 79.9. The van der Waals surface area contributed by atoms with Crippen molar-refractivity contribution in [3.8, 4) is 0 Å². The van der Waals surface area contributed by atoms with Crippen molar-refractivity contribution in [3.05, 3.63) is 33.5 Å². The molecular formula is C10H13BrFN. The second-order valence-electron chi connectivity index (χ2n) is 3.23. The number of hydrogen-bond acceptors (Lipinski definition) is 1. The quantitative estimate of drug-likeness (QED) is 0.852. The summed E-state index contributed by atoms with van der Waals surface area (Å²) in [6.07, 6.45) is 0. The second kappa shape index (κ2) is 4.20. The van der Waals surface area contributed by atoms with Crippen LogP contribution in [0.15, 0.2) is 16.6 Å². The molecule has 0 saturated heterocycles. The predicted octanol–water partition coefficient (Wildman–Crippen LogP) is 2.96. The van der Waals surface area contributed by atoms with Crippen molar-refractivity contribution in [1.82, 2.24) is 0 Å². The molecule has 0 aliphatic heterocycles. The van der Waals surface area contributed by atoms with Crippen LogP contribution in [0, 0.1) is 12.7 Å². The Labute approximate surface area is 86.3 Å². The van der Waals surface area contributed by atoms with E-state index in [4.69, 9.17) is 5.73 Å². The normalized spacial score (nSPS) is 13.0. The minimum atomic E-state index is -0.146. The van der Waals surface area contributed by atoms with Crippen molar-refractivity contribution in [2.75, 3.05) is 6.54 Å². The first-order chi connectivity index (χ1) is 6.07. The maximum absolute atomic E-state index is 13.6. The Balaban J connectivity index is 3.25. The molecule has 0 radical (unpaired) electrons. The Bertz CT molecular complexity index is 312. The molecule has 72 valence electrons. The maximum Gasteiger partial charge on any atom is 0.130 e. The van der Waals surface area contributed by atoms with Gasteiger partial charge in [-0.1, -0.05) is 28.9 Å². The van der Waals surface area contributed by atoms with Gasteiger partial charge in [-0.15, -0.1) is 0 Å². The third-order valence-corrected chi connectivity index (χ3v) is 2.86. The highest BCUT2D eigenvalue weighted by Gasteiger charge is 2.14. The molecule has 1 rings (SSSR count). The zero-order valence-electron chi connectivity index (χ0n) is 7.77. The van der Waals surface area contributed by atoms with Gasteiger partial charge < -0.3 is 5.73 Å². The van der Waals surface area contributed by atoms with Gasteiger partial charge in [0.1, 0.15) is 5.82 Å². The van der Waals surface area contributed by atoms with Crippen LogP contribution >= 0.6 is 15.9 Å². The van der Waals surface area contributed by atoms with Gasteiger partial charge in [-0.2, -0.15) is 0 Å². The lowest BCUT2D eigenvalue weighted by atomic mass is 9.99. The van der Waals surface area contributed by atoms with Gasteiger partial charge in [-0.25, -0.2) is 4.39 Å². The lowest BCUT2D eigenvalue weighted by Crippen LogP contribution is -2.11. The van der Waals surface area contributed by atoms with Gasteiger partial charge in [0.2, 0.25) is 0 Å². The monoisotopic (exact) mass is 245 g/mol. The molecule has 0 spiro atoms. The Hall–Kier alpha value is -0.410. The molecule has 1 aromatic carbocycles. The summed E-state index contributed by atoms with van der Waals surface area (Å²) >= 11 is 3.33. The van der Waals surface area contributed by atoms with Gasteiger partial charge in [0.05, 0.1) is 0 Å². The highest BCUT2D eigenvalue weighted by Crippen LogP contribution is 2.28. The van der Waals surface area contributed by atoms with Crippen LogP contribution in [-0.2, 0) is 0 Å². The van der Waals surface area contributed by atoms with Gasteiger partial charge in [-0.3, -0.25) is 0 Å². The average molecular weight is 246 g/mol. The Morgan fingerprint density at radius 2 is 2.15 bits per heavy atom. The molecule has 0 heterocycles. The topological polar surface area (TPSA) is 26.0 Å². The van der Waals surface area contributed by atoms with E-state index in [-0.39, 0.29) is 11.7 Å². The van der Waals surface area contributed by atoms with Gasteiger partial charge in [0.25, 0.3) is 0 Å². The van der Waals surface area contributed by atoms with Crippen molar-refractivity contribution in [1.29, 1.82) is 0 Å². The largest absolute Gasteiger partial charge is 0.330 e. The lowest BCUT2D eigenvalue weighted by molar-refractivity contribution is 0.580. The van der Waals surface area contributed by atoms with Gasteiger partial charge in [0.15, 0.2) is 0 Å². The van der Waals surface area contributed by atoms with Crippen LogP contribution in [0.5, 0.6) is 0 Å². The molecule has 1 unspecified atom stereocenters. The summed E-state index contributed by atoms with van der Waals surface area (Å²) in [6, 6.07) is 3.62. The van der Waals surface area contributed by atoms with E-state index in [9.17, 15) is 4.39 Å². The zero-order valence-corrected chi connectivity index (χ0v) is 9.36. The fourth-order valence-corrected chi connectivity index (χ4v) is 1.94. The van der Waals surface area contributed by atoms with Gasteiger partial charge >= 0.3 is 0 Å². The van der Waals surface area contributed by atoms with Crippen molar-refractivity contribution >= 4 is 15.9 Å². The van der Waals surface area contributed by atoms with E-state index in [0.29, 0.717) is 17.7 Å². The van der Waals surface area contributed by atoms with Crippen LogP contribution in [0.1, 0.15) is 24.0 Å². The van der Waals surface area contributed by atoms with Crippen LogP contribution < -0.4 is 5.73 Å².